The van der Waals surface area contributed by atoms with E-state index in [1.807, 2.05) is 0 Å². The van der Waals surface area contributed by atoms with Gasteiger partial charge in [0.15, 0.2) is 11.6 Å². The van der Waals surface area contributed by atoms with E-state index >= 15 is 0 Å². The molecule has 0 aromatic heterocycles. The molecule has 5 nitrogen and oxygen atoms in total. The van der Waals surface area contributed by atoms with Crippen LogP contribution in [0.25, 0.3) is 0 Å². The van der Waals surface area contributed by atoms with Crippen LogP contribution in [-0.4, -0.2) is 30.5 Å². The average Bonchev–Trinajstić information content (AvgIpc) is 2.42. The number of nitrogens with zero attached hydrogens (tertiary/aromatic N) is 1. The predicted octanol–water partition coefficient (Wildman–Crippen LogP) is 3.59. The minimum Gasteiger partial charge on any atom is -0.469 e. The maximum absolute atomic E-state index is 13.7. The largest absolute Gasteiger partial charge is 0.469 e. The summed E-state index contributed by atoms with van der Waals surface area (Å²) in [6.07, 6.45) is -1.78. The second-order valence-corrected chi connectivity index (χ2v) is 5.95. The Labute approximate surface area is 137 Å². The Hall–Kier alpha value is -2.38. The Balaban J connectivity index is 3.08. The third-order valence-corrected chi connectivity index (χ3v) is 2.70. The van der Waals surface area contributed by atoms with Gasteiger partial charge < -0.3 is 9.47 Å². The quantitative estimate of drug-likeness (QED) is 0.475. The molecule has 0 saturated heterocycles. The lowest BCUT2D eigenvalue weighted by atomic mass is 10.1. The lowest BCUT2D eigenvalue weighted by molar-refractivity contribution is -0.139. The van der Waals surface area contributed by atoms with Crippen LogP contribution in [0.5, 0.6) is 0 Å². The molecule has 1 rings (SSSR count). The van der Waals surface area contributed by atoms with Crippen LogP contribution in [0.4, 0.5) is 18.0 Å². The summed E-state index contributed by atoms with van der Waals surface area (Å²) in [5.74, 6) is -4.33. The summed E-state index contributed by atoms with van der Waals surface area (Å²) in [6, 6.07) is 1.03. The van der Waals surface area contributed by atoms with Crippen molar-refractivity contribution in [1.82, 2.24) is 0 Å². The van der Waals surface area contributed by atoms with Gasteiger partial charge in [0.25, 0.3) is 0 Å². The highest BCUT2D eigenvalue weighted by atomic mass is 19.2. The molecular weight excluding hydrogens is 327 g/mol. The van der Waals surface area contributed by atoms with Crippen molar-refractivity contribution in [1.29, 1.82) is 0 Å². The summed E-state index contributed by atoms with van der Waals surface area (Å²) < 4.78 is 49.4. The molecule has 0 aliphatic heterocycles. The highest BCUT2D eigenvalue weighted by Gasteiger charge is 2.19. The monoisotopic (exact) mass is 345 g/mol. The fourth-order valence-corrected chi connectivity index (χ4v) is 1.71. The number of benzene rings is 1. The van der Waals surface area contributed by atoms with Gasteiger partial charge in [0.1, 0.15) is 11.4 Å². The van der Waals surface area contributed by atoms with Crippen molar-refractivity contribution in [2.24, 2.45) is 4.99 Å². The standard InChI is InChI=1S/C16H18F3NO4/c1-16(2,3)24-15(22)20-10(7-14(21)23-4)5-9-6-12(18)13(19)8-11(9)17/h6,8H,5,7H2,1-4H3. The van der Waals surface area contributed by atoms with Gasteiger partial charge in [-0.3, -0.25) is 4.79 Å². The molecule has 0 unspecified atom stereocenters. The molecule has 0 atom stereocenters. The first-order valence-corrected chi connectivity index (χ1v) is 7.01. The van der Waals surface area contributed by atoms with Gasteiger partial charge in [0.2, 0.25) is 0 Å². The molecule has 1 aromatic carbocycles. The Morgan fingerprint density at radius 3 is 2.21 bits per heavy atom. The van der Waals surface area contributed by atoms with Gasteiger partial charge >= 0.3 is 12.1 Å². The zero-order chi connectivity index (χ0) is 18.5. The van der Waals surface area contributed by atoms with Gasteiger partial charge in [-0.15, -0.1) is 0 Å². The Bertz CT molecular complexity index is 666. The van der Waals surface area contributed by atoms with Crippen LogP contribution in [-0.2, 0) is 20.7 Å². The average molecular weight is 345 g/mol. The van der Waals surface area contributed by atoms with Crippen molar-refractivity contribution >= 4 is 17.8 Å². The van der Waals surface area contributed by atoms with Gasteiger partial charge in [0.05, 0.1) is 13.5 Å². The number of aliphatic imine (C=N–C) groups is 1. The number of ether oxygens (including phenoxy) is 2. The smallest absolute Gasteiger partial charge is 0.434 e. The van der Waals surface area contributed by atoms with Crippen LogP contribution >= 0.6 is 0 Å². The highest BCUT2D eigenvalue weighted by molar-refractivity contribution is 6.04. The Kier molecular flexibility index (Phi) is 6.51. The van der Waals surface area contributed by atoms with Gasteiger partial charge in [0, 0.05) is 18.2 Å². The van der Waals surface area contributed by atoms with Crippen molar-refractivity contribution < 1.29 is 32.2 Å². The van der Waals surface area contributed by atoms with E-state index in [4.69, 9.17) is 4.74 Å². The molecular formula is C16H18F3NO4. The summed E-state index contributed by atoms with van der Waals surface area (Å²) in [5, 5.41) is 0. The molecule has 0 aliphatic carbocycles. The summed E-state index contributed by atoms with van der Waals surface area (Å²) in [6.45, 7) is 4.86. The summed E-state index contributed by atoms with van der Waals surface area (Å²) in [4.78, 5) is 26.8. The number of carbonyl (C=O) groups excluding carboxylic acids is 2. The molecule has 0 bridgehead atoms. The first-order valence-electron chi connectivity index (χ1n) is 7.01. The van der Waals surface area contributed by atoms with Crippen LogP contribution in [0.15, 0.2) is 17.1 Å². The van der Waals surface area contributed by atoms with Crippen molar-refractivity contribution in [3.8, 4) is 0 Å². The van der Waals surface area contributed by atoms with E-state index in [2.05, 4.69) is 9.73 Å². The molecule has 0 aliphatic rings. The topological polar surface area (TPSA) is 65.0 Å². The summed E-state index contributed by atoms with van der Waals surface area (Å²) in [7, 11) is 1.13. The van der Waals surface area contributed by atoms with E-state index in [-0.39, 0.29) is 17.7 Å². The minimum absolute atomic E-state index is 0.0963. The van der Waals surface area contributed by atoms with Crippen LogP contribution in [0.3, 0.4) is 0 Å². The number of esters is 1. The van der Waals surface area contributed by atoms with Crippen LogP contribution in [0, 0.1) is 17.5 Å². The molecule has 0 radical (unpaired) electrons. The third-order valence-electron chi connectivity index (χ3n) is 2.70. The van der Waals surface area contributed by atoms with Gasteiger partial charge in [-0.25, -0.2) is 18.0 Å². The highest BCUT2D eigenvalue weighted by Crippen LogP contribution is 2.16. The van der Waals surface area contributed by atoms with E-state index in [1.165, 1.54) is 0 Å². The van der Waals surface area contributed by atoms with E-state index < -0.39 is 41.5 Å². The number of hydrogen-bond donors (Lipinski definition) is 0. The number of rotatable bonds is 4. The molecule has 1 amide bonds. The lowest BCUT2D eigenvalue weighted by Crippen LogP contribution is -2.23. The molecule has 0 saturated carbocycles. The molecule has 132 valence electrons. The normalized spacial score (nSPS) is 12.0. The van der Waals surface area contributed by atoms with Gasteiger partial charge in [-0.1, -0.05) is 0 Å². The minimum atomic E-state index is -1.34. The van der Waals surface area contributed by atoms with E-state index in [1.54, 1.807) is 20.8 Å². The van der Waals surface area contributed by atoms with Crippen molar-refractivity contribution in [2.45, 2.75) is 39.2 Å². The number of hydrogen-bond acceptors (Lipinski definition) is 4. The third kappa shape index (κ3) is 6.39. The second-order valence-electron chi connectivity index (χ2n) is 5.95. The van der Waals surface area contributed by atoms with Crippen molar-refractivity contribution in [2.75, 3.05) is 7.11 Å². The fraction of sp³-hybridized carbons (Fsp3) is 0.438. The molecule has 1 aromatic rings. The first-order chi connectivity index (χ1) is 11.0. The van der Waals surface area contributed by atoms with E-state index in [0.29, 0.717) is 12.1 Å². The first kappa shape index (κ1) is 19.7. The van der Waals surface area contributed by atoms with Crippen molar-refractivity contribution in [3.63, 3.8) is 0 Å². The zero-order valence-corrected chi connectivity index (χ0v) is 13.8. The zero-order valence-electron chi connectivity index (χ0n) is 13.8. The predicted molar refractivity (Wildman–Crippen MR) is 80.3 cm³/mol. The second kappa shape index (κ2) is 7.94. The molecule has 0 spiro atoms. The number of methoxy groups -OCH3 is 1. The van der Waals surface area contributed by atoms with Crippen LogP contribution in [0.1, 0.15) is 32.8 Å². The van der Waals surface area contributed by atoms with Gasteiger partial charge in [-0.2, -0.15) is 4.99 Å². The summed E-state index contributed by atoms with van der Waals surface area (Å²) >= 11 is 0. The van der Waals surface area contributed by atoms with Crippen molar-refractivity contribution in [3.05, 3.63) is 35.1 Å². The Morgan fingerprint density at radius 2 is 1.67 bits per heavy atom. The van der Waals surface area contributed by atoms with Gasteiger partial charge in [-0.05, 0) is 32.4 Å². The van der Waals surface area contributed by atoms with Crippen LogP contribution < -0.4 is 0 Å². The molecule has 8 heteroatoms. The number of amides is 1. The summed E-state index contributed by atoms with van der Waals surface area (Å²) in [5.41, 5.74) is -1.16. The maximum Gasteiger partial charge on any atom is 0.434 e. The number of halogens is 3. The molecule has 24 heavy (non-hydrogen) atoms. The number of carbonyl (C=O) groups is 2. The molecule has 0 heterocycles. The SMILES string of the molecule is COC(=O)CC(Cc1cc(F)c(F)cc1F)=NC(=O)OC(C)(C)C. The van der Waals surface area contributed by atoms with E-state index in [0.717, 1.165) is 7.11 Å². The fourth-order valence-electron chi connectivity index (χ4n) is 1.71. The molecule has 0 fully saturated rings. The maximum atomic E-state index is 13.7. The molecule has 0 N–H and O–H groups in total. The lowest BCUT2D eigenvalue weighted by Gasteiger charge is -2.17. The van der Waals surface area contributed by atoms with Crippen LogP contribution in [0.2, 0.25) is 0 Å². The van der Waals surface area contributed by atoms with E-state index in [9.17, 15) is 22.8 Å². The Morgan fingerprint density at radius 1 is 1.08 bits per heavy atom.